The van der Waals surface area contributed by atoms with Crippen LogP contribution >= 0.6 is 24.0 Å². The van der Waals surface area contributed by atoms with E-state index in [0.717, 1.165) is 50.0 Å². The van der Waals surface area contributed by atoms with Gasteiger partial charge in [-0.15, -0.1) is 24.0 Å². The molecule has 5 nitrogen and oxygen atoms in total. The number of fused-ring (bicyclic) bond motifs is 1. The second-order valence-electron chi connectivity index (χ2n) is 6.71. The van der Waals surface area contributed by atoms with Crippen LogP contribution in [0.15, 0.2) is 52.1 Å². The first-order valence-electron chi connectivity index (χ1n) is 9.01. The maximum atomic E-state index is 5.75. The molecule has 0 saturated heterocycles. The van der Waals surface area contributed by atoms with Crippen molar-refractivity contribution in [2.75, 3.05) is 19.7 Å². The average Bonchev–Trinajstić information content (AvgIpc) is 3.13. The van der Waals surface area contributed by atoms with Crippen molar-refractivity contribution in [2.45, 2.75) is 32.7 Å². The van der Waals surface area contributed by atoms with Gasteiger partial charge in [0.15, 0.2) is 5.96 Å². The van der Waals surface area contributed by atoms with Crippen LogP contribution in [0, 0.1) is 5.92 Å². The van der Waals surface area contributed by atoms with Gasteiger partial charge in [-0.2, -0.15) is 0 Å². The van der Waals surface area contributed by atoms with E-state index in [4.69, 9.17) is 14.1 Å². The van der Waals surface area contributed by atoms with Gasteiger partial charge in [-0.3, -0.25) is 4.99 Å². The van der Waals surface area contributed by atoms with E-state index >= 15 is 0 Å². The predicted molar refractivity (Wildman–Crippen MR) is 115 cm³/mol. The summed E-state index contributed by atoms with van der Waals surface area (Å²) in [5.74, 6) is 3.31. The number of ether oxygens (including phenoxy) is 1. The molecule has 1 unspecified atom stereocenters. The van der Waals surface area contributed by atoms with Crippen LogP contribution in [0.5, 0.6) is 5.75 Å². The standard InChI is InChI=1S/C20H27N3O2.HI/c1-15(2)14-22-20(21-11-9-16-6-5-12-24-16)23-18-10-13-25-19-8-4-3-7-17(18)19;/h3-8,12,15,18H,9-11,13-14H2,1-2H3,(H2,21,22,23);1H. The highest BCUT2D eigenvalue weighted by molar-refractivity contribution is 14.0. The lowest BCUT2D eigenvalue weighted by Crippen LogP contribution is -2.42. The summed E-state index contributed by atoms with van der Waals surface area (Å²) in [6.45, 7) is 6.64. The second kappa shape index (κ2) is 10.4. The molecule has 1 aromatic heterocycles. The van der Waals surface area contributed by atoms with Gasteiger partial charge >= 0.3 is 0 Å². The highest BCUT2D eigenvalue weighted by Gasteiger charge is 2.21. The molecule has 1 atom stereocenters. The number of nitrogens with one attached hydrogen (secondary N) is 2. The van der Waals surface area contributed by atoms with Gasteiger partial charge in [0.25, 0.3) is 0 Å². The Balaban J connectivity index is 0.00000243. The molecule has 0 spiro atoms. The molecule has 142 valence electrons. The molecule has 6 heteroatoms. The van der Waals surface area contributed by atoms with E-state index in [1.807, 2.05) is 24.3 Å². The Morgan fingerprint density at radius 3 is 2.85 bits per heavy atom. The van der Waals surface area contributed by atoms with Crippen LogP contribution in [-0.4, -0.2) is 25.7 Å². The summed E-state index contributed by atoms with van der Waals surface area (Å²) in [7, 11) is 0. The quantitative estimate of drug-likeness (QED) is 0.379. The molecule has 2 heterocycles. The van der Waals surface area contributed by atoms with Crippen molar-refractivity contribution in [1.29, 1.82) is 0 Å². The highest BCUT2D eigenvalue weighted by Crippen LogP contribution is 2.31. The smallest absolute Gasteiger partial charge is 0.191 e. The number of para-hydroxylation sites is 1. The van der Waals surface area contributed by atoms with Crippen LogP contribution in [0.2, 0.25) is 0 Å². The fourth-order valence-electron chi connectivity index (χ4n) is 2.84. The van der Waals surface area contributed by atoms with Gasteiger partial charge in [0.1, 0.15) is 11.5 Å². The first-order chi connectivity index (χ1) is 12.2. The third kappa shape index (κ3) is 5.93. The van der Waals surface area contributed by atoms with E-state index in [-0.39, 0.29) is 30.0 Å². The fraction of sp³-hybridized carbons (Fsp3) is 0.450. The van der Waals surface area contributed by atoms with Gasteiger partial charge in [0, 0.05) is 31.5 Å². The molecule has 0 aliphatic carbocycles. The number of benzene rings is 1. The number of guanidine groups is 1. The van der Waals surface area contributed by atoms with Crippen molar-refractivity contribution in [3.8, 4) is 5.75 Å². The van der Waals surface area contributed by atoms with Gasteiger partial charge in [-0.05, 0) is 24.1 Å². The van der Waals surface area contributed by atoms with Crippen LogP contribution in [0.3, 0.4) is 0 Å². The van der Waals surface area contributed by atoms with Crippen molar-refractivity contribution in [3.05, 3.63) is 54.0 Å². The van der Waals surface area contributed by atoms with Crippen molar-refractivity contribution in [2.24, 2.45) is 10.9 Å². The summed E-state index contributed by atoms with van der Waals surface area (Å²) in [6, 6.07) is 12.3. The number of aliphatic imine (C=N–C) groups is 1. The summed E-state index contributed by atoms with van der Waals surface area (Å²) in [5.41, 5.74) is 1.19. The van der Waals surface area contributed by atoms with Crippen molar-refractivity contribution in [3.63, 3.8) is 0 Å². The Morgan fingerprint density at radius 1 is 1.23 bits per heavy atom. The first kappa shape index (κ1) is 20.6. The van der Waals surface area contributed by atoms with E-state index in [9.17, 15) is 0 Å². The Morgan fingerprint density at radius 2 is 2.08 bits per heavy atom. The summed E-state index contributed by atoms with van der Waals surface area (Å²) in [4.78, 5) is 4.73. The summed E-state index contributed by atoms with van der Waals surface area (Å²) in [5, 5.41) is 7.01. The Hall–Kier alpha value is -1.70. The van der Waals surface area contributed by atoms with Crippen molar-refractivity contribution < 1.29 is 9.15 Å². The predicted octanol–water partition coefficient (Wildman–Crippen LogP) is 4.16. The molecular weight excluding hydrogens is 441 g/mol. The van der Waals surface area contributed by atoms with Gasteiger partial charge in [0.2, 0.25) is 0 Å². The van der Waals surface area contributed by atoms with Gasteiger partial charge in [-0.1, -0.05) is 32.0 Å². The molecule has 0 bridgehead atoms. The number of hydrogen-bond acceptors (Lipinski definition) is 3. The molecule has 26 heavy (non-hydrogen) atoms. The largest absolute Gasteiger partial charge is 0.493 e. The molecule has 0 fully saturated rings. The SMILES string of the molecule is CC(C)CN=C(NCCc1ccco1)NC1CCOc2ccccc21.I. The lowest BCUT2D eigenvalue weighted by Gasteiger charge is -2.28. The molecule has 0 amide bonds. The normalized spacial score (nSPS) is 16.4. The molecule has 0 radical (unpaired) electrons. The molecule has 2 N–H and O–H groups in total. The topological polar surface area (TPSA) is 58.8 Å². The lowest BCUT2D eigenvalue weighted by atomic mass is 10.0. The van der Waals surface area contributed by atoms with Gasteiger partial charge < -0.3 is 19.8 Å². The van der Waals surface area contributed by atoms with Crippen LogP contribution in [0.25, 0.3) is 0 Å². The maximum Gasteiger partial charge on any atom is 0.191 e. The molecule has 1 aliphatic heterocycles. The van der Waals surface area contributed by atoms with Gasteiger partial charge in [0.05, 0.1) is 18.9 Å². The average molecular weight is 469 g/mol. The molecule has 0 saturated carbocycles. The minimum atomic E-state index is 0. The monoisotopic (exact) mass is 469 g/mol. The fourth-order valence-corrected chi connectivity index (χ4v) is 2.84. The van der Waals surface area contributed by atoms with E-state index in [1.165, 1.54) is 5.56 Å². The summed E-state index contributed by atoms with van der Waals surface area (Å²) >= 11 is 0. The van der Waals surface area contributed by atoms with Gasteiger partial charge in [-0.25, -0.2) is 0 Å². The first-order valence-corrected chi connectivity index (χ1v) is 9.01. The number of rotatable bonds is 6. The van der Waals surface area contributed by atoms with E-state index in [0.29, 0.717) is 5.92 Å². The van der Waals surface area contributed by atoms with Crippen LogP contribution < -0.4 is 15.4 Å². The van der Waals surface area contributed by atoms with Crippen LogP contribution in [-0.2, 0) is 6.42 Å². The second-order valence-corrected chi connectivity index (χ2v) is 6.71. The molecule has 2 aromatic rings. The third-order valence-corrected chi connectivity index (χ3v) is 4.13. The lowest BCUT2D eigenvalue weighted by molar-refractivity contribution is 0.261. The van der Waals surface area contributed by atoms with E-state index in [1.54, 1.807) is 6.26 Å². The molecule has 3 rings (SSSR count). The molecular formula is C20H28IN3O2. The Kier molecular flexibility index (Phi) is 8.28. The Labute approximate surface area is 172 Å². The number of hydrogen-bond donors (Lipinski definition) is 2. The zero-order valence-electron chi connectivity index (χ0n) is 15.4. The van der Waals surface area contributed by atoms with Crippen molar-refractivity contribution in [1.82, 2.24) is 10.6 Å². The van der Waals surface area contributed by atoms with Crippen LogP contribution in [0.1, 0.15) is 37.6 Å². The van der Waals surface area contributed by atoms with Crippen molar-refractivity contribution >= 4 is 29.9 Å². The number of furan rings is 1. The van der Waals surface area contributed by atoms with E-state index in [2.05, 4.69) is 36.6 Å². The Bertz CT molecular complexity index is 686. The number of nitrogens with zero attached hydrogens (tertiary/aromatic N) is 1. The zero-order chi connectivity index (χ0) is 17.5. The summed E-state index contributed by atoms with van der Waals surface area (Å²) < 4.78 is 11.1. The molecule has 1 aromatic carbocycles. The third-order valence-electron chi connectivity index (χ3n) is 4.13. The summed E-state index contributed by atoms with van der Waals surface area (Å²) in [6.07, 6.45) is 3.47. The minimum absolute atomic E-state index is 0. The molecule has 1 aliphatic rings. The van der Waals surface area contributed by atoms with E-state index < -0.39 is 0 Å². The van der Waals surface area contributed by atoms with Crippen LogP contribution in [0.4, 0.5) is 0 Å². The maximum absolute atomic E-state index is 5.75. The minimum Gasteiger partial charge on any atom is -0.493 e. The zero-order valence-corrected chi connectivity index (χ0v) is 17.7. The number of halogens is 1. The highest BCUT2D eigenvalue weighted by atomic mass is 127.